The van der Waals surface area contributed by atoms with Gasteiger partial charge in [0.2, 0.25) is 0 Å². The van der Waals surface area contributed by atoms with Gasteiger partial charge in [-0.05, 0) is 18.4 Å². The van der Waals surface area contributed by atoms with Gasteiger partial charge < -0.3 is 4.84 Å². The third-order valence-electron chi connectivity index (χ3n) is 1.68. The van der Waals surface area contributed by atoms with E-state index in [1.54, 1.807) is 11.3 Å². The quantitative estimate of drug-likeness (QED) is 0.630. The van der Waals surface area contributed by atoms with Crippen LogP contribution in [-0.2, 0) is 4.84 Å². The van der Waals surface area contributed by atoms with Crippen molar-refractivity contribution in [3.05, 3.63) is 22.4 Å². The summed E-state index contributed by atoms with van der Waals surface area (Å²) in [7, 11) is 0. The number of rotatable bonds is 1. The summed E-state index contributed by atoms with van der Waals surface area (Å²) < 4.78 is 0. The van der Waals surface area contributed by atoms with E-state index in [0.717, 1.165) is 12.1 Å². The molecule has 0 aromatic carbocycles. The van der Waals surface area contributed by atoms with Crippen LogP contribution in [0.15, 0.2) is 22.7 Å². The van der Waals surface area contributed by atoms with E-state index in [9.17, 15) is 0 Å². The molecule has 0 spiro atoms. The normalized spacial score (nSPS) is 23.0. The molecular weight excluding hydrogens is 158 g/mol. The van der Waals surface area contributed by atoms with E-state index in [2.05, 4.69) is 16.6 Å². The highest BCUT2D eigenvalue weighted by Gasteiger charge is 2.20. The highest BCUT2D eigenvalue weighted by Crippen LogP contribution is 2.29. The summed E-state index contributed by atoms with van der Waals surface area (Å²) in [6.45, 7) is 1.99. The topological polar surface area (TPSA) is 21.6 Å². The Kier molecular flexibility index (Phi) is 1.66. The molecule has 11 heavy (non-hydrogen) atoms. The lowest BCUT2D eigenvalue weighted by molar-refractivity contribution is 0.0883. The van der Waals surface area contributed by atoms with Crippen LogP contribution in [0.4, 0.5) is 0 Å². The molecule has 0 bridgehead atoms. The molecular formula is C8H9NOS. The Labute approximate surface area is 69.5 Å². The Morgan fingerprint density at radius 1 is 1.73 bits per heavy atom. The molecule has 0 amide bonds. The first-order valence-electron chi connectivity index (χ1n) is 3.59. The summed E-state index contributed by atoms with van der Waals surface area (Å²) in [5.74, 6) is 0. The highest BCUT2D eigenvalue weighted by atomic mass is 32.1. The van der Waals surface area contributed by atoms with Crippen molar-refractivity contribution in [3.8, 4) is 0 Å². The monoisotopic (exact) mass is 167 g/mol. The van der Waals surface area contributed by atoms with Gasteiger partial charge in [0.25, 0.3) is 0 Å². The summed E-state index contributed by atoms with van der Waals surface area (Å²) in [4.78, 5) is 6.48. The largest absolute Gasteiger partial charge is 0.386 e. The average molecular weight is 167 g/mol. The first-order chi connectivity index (χ1) is 5.36. The van der Waals surface area contributed by atoms with E-state index in [-0.39, 0.29) is 6.10 Å². The number of hydrogen-bond acceptors (Lipinski definition) is 3. The van der Waals surface area contributed by atoms with Crippen molar-refractivity contribution in [1.82, 2.24) is 0 Å². The van der Waals surface area contributed by atoms with E-state index in [1.807, 2.05) is 13.0 Å². The Balaban J connectivity index is 2.11. The van der Waals surface area contributed by atoms with Gasteiger partial charge in [0, 0.05) is 11.3 Å². The molecule has 0 saturated heterocycles. The predicted molar refractivity (Wildman–Crippen MR) is 45.9 cm³/mol. The summed E-state index contributed by atoms with van der Waals surface area (Å²) >= 11 is 1.72. The molecule has 1 atom stereocenters. The zero-order chi connectivity index (χ0) is 7.68. The van der Waals surface area contributed by atoms with Crippen LogP contribution in [-0.4, -0.2) is 5.71 Å². The van der Waals surface area contributed by atoms with Crippen LogP contribution in [0.3, 0.4) is 0 Å². The third kappa shape index (κ3) is 1.28. The average Bonchev–Trinajstić information content (AvgIpc) is 2.55. The van der Waals surface area contributed by atoms with Crippen molar-refractivity contribution in [3.63, 3.8) is 0 Å². The molecule has 1 aliphatic rings. The van der Waals surface area contributed by atoms with Crippen LogP contribution in [0, 0.1) is 0 Å². The van der Waals surface area contributed by atoms with E-state index in [1.165, 1.54) is 4.88 Å². The summed E-state index contributed by atoms with van der Waals surface area (Å²) in [6, 6.07) is 4.13. The van der Waals surface area contributed by atoms with Gasteiger partial charge in [0.1, 0.15) is 0 Å². The second kappa shape index (κ2) is 2.66. The van der Waals surface area contributed by atoms with Gasteiger partial charge in [-0.3, -0.25) is 0 Å². The van der Waals surface area contributed by atoms with E-state index in [0.29, 0.717) is 0 Å². The summed E-state index contributed by atoms with van der Waals surface area (Å²) in [5.41, 5.74) is 1.09. The Morgan fingerprint density at radius 3 is 3.18 bits per heavy atom. The smallest absolute Gasteiger partial charge is 0.166 e. The van der Waals surface area contributed by atoms with E-state index >= 15 is 0 Å². The highest BCUT2D eigenvalue weighted by molar-refractivity contribution is 7.10. The number of nitrogens with zero attached hydrogens (tertiary/aromatic N) is 1. The zero-order valence-corrected chi connectivity index (χ0v) is 7.10. The van der Waals surface area contributed by atoms with Crippen LogP contribution in [0.1, 0.15) is 24.3 Å². The predicted octanol–water partition coefficient (Wildman–Crippen LogP) is 2.59. The standard InChI is InChI=1S/C8H9NOS/c1-6-5-7(10-9-6)8-3-2-4-11-8/h2-4,7H,5H2,1H3. The van der Waals surface area contributed by atoms with Crippen LogP contribution >= 0.6 is 11.3 Å². The molecule has 3 heteroatoms. The van der Waals surface area contributed by atoms with Crippen LogP contribution in [0.2, 0.25) is 0 Å². The van der Waals surface area contributed by atoms with Crippen molar-refractivity contribution in [2.45, 2.75) is 19.4 Å². The minimum Gasteiger partial charge on any atom is -0.386 e. The molecule has 0 aliphatic carbocycles. The molecule has 2 rings (SSSR count). The van der Waals surface area contributed by atoms with Crippen molar-refractivity contribution in [2.75, 3.05) is 0 Å². The van der Waals surface area contributed by atoms with Crippen molar-refractivity contribution in [1.29, 1.82) is 0 Å². The van der Waals surface area contributed by atoms with Crippen LogP contribution < -0.4 is 0 Å². The van der Waals surface area contributed by atoms with Gasteiger partial charge in [-0.25, -0.2) is 0 Å². The van der Waals surface area contributed by atoms with Crippen molar-refractivity contribution < 1.29 is 4.84 Å². The molecule has 1 aromatic heterocycles. The second-order valence-electron chi connectivity index (χ2n) is 2.64. The maximum atomic E-state index is 5.21. The molecule has 0 fully saturated rings. The SMILES string of the molecule is CC1=NOC(c2cccs2)C1. The maximum absolute atomic E-state index is 5.21. The third-order valence-corrected chi connectivity index (χ3v) is 2.64. The molecule has 58 valence electrons. The lowest BCUT2D eigenvalue weighted by atomic mass is 10.2. The van der Waals surface area contributed by atoms with Crippen molar-refractivity contribution >= 4 is 17.0 Å². The van der Waals surface area contributed by atoms with E-state index < -0.39 is 0 Å². The van der Waals surface area contributed by atoms with Gasteiger partial charge in [-0.15, -0.1) is 11.3 Å². The Bertz CT molecular complexity index is 266. The molecule has 0 saturated carbocycles. The Morgan fingerprint density at radius 2 is 2.64 bits per heavy atom. The van der Waals surface area contributed by atoms with Crippen molar-refractivity contribution in [2.24, 2.45) is 5.16 Å². The molecule has 2 heterocycles. The molecule has 1 aromatic rings. The fourth-order valence-electron chi connectivity index (χ4n) is 1.12. The number of oxime groups is 1. The lowest BCUT2D eigenvalue weighted by Gasteiger charge is -2.02. The molecule has 0 radical (unpaired) electrons. The fraction of sp³-hybridized carbons (Fsp3) is 0.375. The van der Waals surface area contributed by atoms with Crippen LogP contribution in [0.5, 0.6) is 0 Å². The van der Waals surface area contributed by atoms with Gasteiger partial charge in [0.15, 0.2) is 6.10 Å². The number of thiophene rings is 1. The van der Waals surface area contributed by atoms with Gasteiger partial charge in [0.05, 0.1) is 5.71 Å². The molecule has 0 N–H and O–H groups in total. The lowest BCUT2D eigenvalue weighted by Crippen LogP contribution is -1.93. The summed E-state index contributed by atoms with van der Waals surface area (Å²) in [6.07, 6.45) is 1.13. The minimum absolute atomic E-state index is 0.190. The maximum Gasteiger partial charge on any atom is 0.166 e. The molecule has 1 unspecified atom stereocenters. The van der Waals surface area contributed by atoms with Crippen LogP contribution in [0.25, 0.3) is 0 Å². The fourth-order valence-corrected chi connectivity index (χ4v) is 1.87. The first-order valence-corrected chi connectivity index (χ1v) is 4.47. The number of hydrogen-bond donors (Lipinski definition) is 0. The molecule has 2 nitrogen and oxygen atoms in total. The summed E-state index contributed by atoms with van der Waals surface area (Å²) in [5, 5.41) is 5.96. The first kappa shape index (κ1) is 6.85. The van der Waals surface area contributed by atoms with E-state index in [4.69, 9.17) is 4.84 Å². The minimum atomic E-state index is 0.190. The molecule has 1 aliphatic heterocycles. The second-order valence-corrected chi connectivity index (χ2v) is 3.62. The van der Waals surface area contributed by atoms with Gasteiger partial charge in [-0.2, -0.15) is 0 Å². The Hall–Kier alpha value is -0.830. The van der Waals surface area contributed by atoms with Gasteiger partial charge in [-0.1, -0.05) is 11.2 Å². The zero-order valence-electron chi connectivity index (χ0n) is 6.28. The van der Waals surface area contributed by atoms with Gasteiger partial charge >= 0.3 is 0 Å².